The number of benzene rings is 3. The van der Waals surface area contributed by atoms with Crippen molar-refractivity contribution in [2.24, 2.45) is 0 Å². The van der Waals surface area contributed by atoms with Gasteiger partial charge in [-0.25, -0.2) is 0 Å². The summed E-state index contributed by atoms with van der Waals surface area (Å²) in [6.45, 7) is 4.84. The van der Waals surface area contributed by atoms with Gasteiger partial charge >= 0.3 is 0 Å². The van der Waals surface area contributed by atoms with E-state index in [1.54, 1.807) is 0 Å². The van der Waals surface area contributed by atoms with Crippen LogP contribution in [0.5, 0.6) is 0 Å². The van der Waals surface area contributed by atoms with Gasteiger partial charge in [0.05, 0.1) is 13.2 Å². The minimum absolute atomic E-state index is 0.130. The Labute approximate surface area is 194 Å². The van der Waals surface area contributed by atoms with Gasteiger partial charge < -0.3 is 10.1 Å². The molecule has 32 heavy (non-hydrogen) atoms. The molecule has 0 radical (unpaired) electrons. The summed E-state index contributed by atoms with van der Waals surface area (Å²) in [4.78, 5) is 15.6. The van der Waals surface area contributed by atoms with Crippen LogP contribution in [-0.4, -0.2) is 37.1 Å². The molecule has 1 aliphatic heterocycles. The van der Waals surface area contributed by atoms with Crippen LogP contribution in [0.2, 0.25) is 5.02 Å². The summed E-state index contributed by atoms with van der Waals surface area (Å²) in [7, 11) is 0. The second kappa shape index (κ2) is 11.1. The SMILES string of the molecule is O=C(NCc1cccc(CN2CCOCC2)c1)/C(=C/c1ccccc1Cl)c1ccccc1. The summed E-state index contributed by atoms with van der Waals surface area (Å²) < 4.78 is 5.43. The third-order valence-corrected chi connectivity index (χ3v) is 5.83. The molecule has 1 N–H and O–H groups in total. The molecule has 0 unspecified atom stereocenters. The highest BCUT2D eigenvalue weighted by atomic mass is 35.5. The molecule has 0 spiro atoms. The lowest BCUT2D eigenvalue weighted by atomic mass is 10.0. The van der Waals surface area contributed by atoms with Crippen LogP contribution >= 0.6 is 11.6 Å². The summed E-state index contributed by atoms with van der Waals surface area (Å²) in [6.07, 6.45) is 1.85. The minimum Gasteiger partial charge on any atom is -0.379 e. The number of carbonyl (C=O) groups excluding carboxylic acids is 1. The maximum Gasteiger partial charge on any atom is 0.252 e. The molecule has 0 aromatic heterocycles. The van der Waals surface area contributed by atoms with E-state index in [1.807, 2.05) is 66.7 Å². The van der Waals surface area contributed by atoms with Crippen molar-refractivity contribution in [3.63, 3.8) is 0 Å². The van der Waals surface area contributed by atoms with Gasteiger partial charge in [-0.3, -0.25) is 9.69 Å². The van der Waals surface area contributed by atoms with Crippen LogP contribution in [0.4, 0.5) is 0 Å². The number of ether oxygens (including phenoxy) is 1. The Morgan fingerprint density at radius 1 is 0.938 bits per heavy atom. The molecule has 0 atom stereocenters. The zero-order chi connectivity index (χ0) is 22.2. The summed E-state index contributed by atoms with van der Waals surface area (Å²) in [5, 5.41) is 3.70. The average molecular weight is 447 g/mol. The number of nitrogens with one attached hydrogen (secondary N) is 1. The van der Waals surface area contributed by atoms with E-state index < -0.39 is 0 Å². The summed E-state index contributed by atoms with van der Waals surface area (Å²) in [6, 6.07) is 25.6. The number of halogens is 1. The van der Waals surface area contributed by atoms with Crippen LogP contribution < -0.4 is 5.32 Å². The molecule has 1 saturated heterocycles. The van der Waals surface area contributed by atoms with Gasteiger partial charge in [0.2, 0.25) is 0 Å². The van der Waals surface area contributed by atoms with Gasteiger partial charge in [-0.05, 0) is 34.4 Å². The predicted molar refractivity (Wildman–Crippen MR) is 130 cm³/mol. The number of morpholine rings is 1. The van der Waals surface area contributed by atoms with Crippen molar-refractivity contribution in [3.8, 4) is 0 Å². The second-order valence-corrected chi connectivity index (χ2v) is 8.24. The molecule has 5 heteroatoms. The summed E-state index contributed by atoms with van der Waals surface area (Å²) in [5.41, 5.74) is 4.58. The van der Waals surface area contributed by atoms with Crippen molar-refractivity contribution in [1.82, 2.24) is 10.2 Å². The lowest BCUT2D eigenvalue weighted by molar-refractivity contribution is -0.115. The second-order valence-electron chi connectivity index (χ2n) is 7.84. The lowest BCUT2D eigenvalue weighted by Crippen LogP contribution is -2.35. The van der Waals surface area contributed by atoms with Crippen LogP contribution in [0.15, 0.2) is 78.9 Å². The van der Waals surface area contributed by atoms with Crippen molar-refractivity contribution in [2.45, 2.75) is 13.1 Å². The first-order chi connectivity index (χ1) is 15.7. The Hall–Kier alpha value is -2.92. The molecule has 1 amide bonds. The Morgan fingerprint density at radius 3 is 2.44 bits per heavy atom. The molecule has 4 rings (SSSR count). The van der Waals surface area contributed by atoms with Crippen LogP contribution in [0.1, 0.15) is 22.3 Å². The Balaban J connectivity index is 1.48. The van der Waals surface area contributed by atoms with Gasteiger partial charge in [-0.15, -0.1) is 0 Å². The molecule has 3 aromatic rings. The number of nitrogens with zero attached hydrogens (tertiary/aromatic N) is 1. The van der Waals surface area contributed by atoms with E-state index in [0.717, 1.165) is 49.5 Å². The van der Waals surface area contributed by atoms with Crippen molar-refractivity contribution < 1.29 is 9.53 Å². The number of rotatable bonds is 7. The fourth-order valence-corrected chi connectivity index (χ4v) is 3.97. The normalized spacial score (nSPS) is 14.8. The molecule has 1 aliphatic rings. The zero-order valence-electron chi connectivity index (χ0n) is 18.0. The standard InChI is InChI=1S/C27H27ClN2O2/c28-26-12-5-4-11-24(26)18-25(23-9-2-1-3-10-23)27(31)29-19-21-7-6-8-22(17-21)20-30-13-15-32-16-14-30/h1-12,17-18H,13-16,19-20H2,(H,29,31)/b25-18+. The highest BCUT2D eigenvalue weighted by Crippen LogP contribution is 2.23. The minimum atomic E-state index is -0.130. The molecule has 0 aliphatic carbocycles. The molecule has 0 saturated carbocycles. The van der Waals surface area contributed by atoms with Gasteiger partial charge in [0, 0.05) is 36.8 Å². The maximum atomic E-state index is 13.2. The first-order valence-electron chi connectivity index (χ1n) is 10.9. The fourth-order valence-electron chi connectivity index (χ4n) is 3.78. The van der Waals surface area contributed by atoms with E-state index in [-0.39, 0.29) is 5.91 Å². The van der Waals surface area contributed by atoms with E-state index in [9.17, 15) is 4.79 Å². The van der Waals surface area contributed by atoms with Gasteiger partial charge in [0.1, 0.15) is 0 Å². The molecular formula is C27H27ClN2O2. The number of carbonyl (C=O) groups is 1. The first-order valence-corrected chi connectivity index (χ1v) is 11.2. The first kappa shape index (κ1) is 22.3. The topological polar surface area (TPSA) is 41.6 Å². The number of hydrogen-bond acceptors (Lipinski definition) is 3. The van der Waals surface area contributed by atoms with Gasteiger partial charge in [-0.2, -0.15) is 0 Å². The Kier molecular flexibility index (Phi) is 7.73. The molecule has 4 nitrogen and oxygen atoms in total. The predicted octanol–water partition coefficient (Wildman–Crippen LogP) is 5.03. The van der Waals surface area contributed by atoms with Crippen molar-refractivity contribution in [2.75, 3.05) is 26.3 Å². The summed E-state index contributed by atoms with van der Waals surface area (Å²) in [5.74, 6) is -0.130. The van der Waals surface area contributed by atoms with Crippen molar-refractivity contribution >= 4 is 29.2 Å². The van der Waals surface area contributed by atoms with Crippen LogP contribution in [0.25, 0.3) is 11.6 Å². The fraction of sp³-hybridized carbons (Fsp3) is 0.222. The van der Waals surface area contributed by atoms with E-state index in [2.05, 4.69) is 28.4 Å². The average Bonchev–Trinajstić information content (AvgIpc) is 2.83. The van der Waals surface area contributed by atoms with Gasteiger partial charge in [0.25, 0.3) is 5.91 Å². The third kappa shape index (κ3) is 6.07. The van der Waals surface area contributed by atoms with Crippen LogP contribution in [-0.2, 0) is 22.6 Å². The van der Waals surface area contributed by atoms with Crippen LogP contribution in [0, 0.1) is 0 Å². The lowest BCUT2D eigenvalue weighted by Gasteiger charge is -2.26. The van der Waals surface area contributed by atoms with Gasteiger partial charge in [0.15, 0.2) is 0 Å². The Bertz CT molecular complexity index is 1080. The van der Waals surface area contributed by atoms with Gasteiger partial charge in [-0.1, -0.05) is 84.4 Å². The Morgan fingerprint density at radius 2 is 1.66 bits per heavy atom. The molecule has 0 bridgehead atoms. The van der Waals surface area contributed by atoms with Crippen molar-refractivity contribution in [1.29, 1.82) is 0 Å². The zero-order valence-corrected chi connectivity index (χ0v) is 18.7. The third-order valence-electron chi connectivity index (χ3n) is 5.49. The van der Waals surface area contributed by atoms with Crippen molar-refractivity contribution in [3.05, 3.63) is 106 Å². The summed E-state index contributed by atoms with van der Waals surface area (Å²) >= 11 is 6.34. The highest BCUT2D eigenvalue weighted by molar-refractivity contribution is 6.33. The highest BCUT2D eigenvalue weighted by Gasteiger charge is 2.14. The molecule has 1 heterocycles. The quantitative estimate of drug-likeness (QED) is 0.409. The monoisotopic (exact) mass is 446 g/mol. The molecule has 3 aromatic carbocycles. The van der Waals surface area contributed by atoms with E-state index >= 15 is 0 Å². The van der Waals surface area contributed by atoms with E-state index in [0.29, 0.717) is 17.1 Å². The van der Waals surface area contributed by atoms with E-state index in [4.69, 9.17) is 16.3 Å². The maximum absolute atomic E-state index is 13.2. The number of amides is 1. The molecule has 164 valence electrons. The molecular weight excluding hydrogens is 420 g/mol. The van der Waals surface area contributed by atoms with Crippen LogP contribution in [0.3, 0.4) is 0 Å². The number of hydrogen-bond donors (Lipinski definition) is 1. The largest absolute Gasteiger partial charge is 0.379 e. The van der Waals surface area contributed by atoms with E-state index in [1.165, 1.54) is 5.56 Å². The smallest absolute Gasteiger partial charge is 0.252 e. The molecule has 1 fully saturated rings.